The monoisotopic (exact) mass is 1730 g/mol. The molecule has 1 fully saturated rings. The number of anilines is 1. The van der Waals surface area contributed by atoms with Crippen molar-refractivity contribution in [1.82, 2.24) is 30.7 Å². The van der Waals surface area contributed by atoms with Gasteiger partial charge in [0.25, 0.3) is 11.8 Å². The van der Waals surface area contributed by atoms with Crippen LogP contribution in [0, 0.1) is 11.8 Å². The van der Waals surface area contributed by atoms with E-state index in [-0.39, 0.29) is 118 Å². The second-order valence-electron chi connectivity index (χ2n) is 31.2. The predicted molar refractivity (Wildman–Crippen MR) is 467 cm³/mol. The van der Waals surface area contributed by atoms with Gasteiger partial charge in [-0.05, 0) is 96.0 Å². The highest BCUT2D eigenvalue weighted by Gasteiger charge is 2.40. The minimum Gasteiger partial charge on any atom is -0.493 e. The molecule has 4 aromatic rings. The fourth-order valence-electron chi connectivity index (χ4n) is 14.7. The van der Waals surface area contributed by atoms with Crippen molar-refractivity contribution in [3.05, 3.63) is 101 Å². The molecule has 4 aromatic carbocycles. The van der Waals surface area contributed by atoms with Gasteiger partial charge in [0, 0.05) is 94.3 Å². The Morgan fingerprint density at radius 1 is 0.512 bits per heavy atom. The topological polar surface area (TPSA) is 348 Å². The van der Waals surface area contributed by atoms with E-state index in [2.05, 4.69) is 35.1 Å². The van der Waals surface area contributed by atoms with Crippen LogP contribution in [-0.4, -0.2) is 263 Å². The van der Waals surface area contributed by atoms with Gasteiger partial charge in [-0.15, -0.1) is 11.8 Å². The molecule has 0 aliphatic carbocycles. The van der Waals surface area contributed by atoms with Gasteiger partial charge in [0.1, 0.15) is 12.1 Å². The summed E-state index contributed by atoms with van der Waals surface area (Å²) in [6, 6.07) is 17.1. The minimum atomic E-state index is -0.946. The fourth-order valence-corrected chi connectivity index (χ4v) is 16.0. The summed E-state index contributed by atoms with van der Waals surface area (Å²) in [5.41, 5.74) is 5.77. The van der Waals surface area contributed by atoms with Crippen molar-refractivity contribution in [1.29, 1.82) is 0 Å². The Balaban J connectivity index is 0.501. The summed E-state index contributed by atoms with van der Waals surface area (Å²) in [6.45, 7) is 16.3. The number of hydrogen-bond acceptors (Lipinski definition) is 25. The maximum atomic E-state index is 14.2. The van der Waals surface area contributed by atoms with Crippen molar-refractivity contribution < 1.29 is 105 Å². The van der Waals surface area contributed by atoms with Gasteiger partial charge in [-0.25, -0.2) is 0 Å². The lowest BCUT2D eigenvalue weighted by Gasteiger charge is -2.24. The van der Waals surface area contributed by atoms with Crippen LogP contribution in [0.3, 0.4) is 0 Å². The van der Waals surface area contributed by atoms with Crippen molar-refractivity contribution in [3.63, 3.8) is 0 Å². The highest BCUT2D eigenvalue weighted by Crippen LogP contribution is 2.44. The van der Waals surface area contributed by atoms with E-state index in [1.54, 1.807) is 91.2 Å². The minimum absolute atomic E-state index is 0.0108. The number of benzene rings is 4. The van der Waals surface area contributed by atoms with Gasteiger partial charge in [-0.1, -0.05) is 104 Å². The highest BCUT2D eigenvalue weighted by molar-refractivity contribution is 8.00. The first-order chi connectivity index (χ1) is 59.9. The van der Waals surface area contributed by atoms with Gasteiger partial charge in [0.15, 0.2) is 34.5 Å². The third-order valence-electron chi connectivity index (χ3n) is 21.6. The van der Waals surface area contributed by atoms with E-state index in [0.29, 0.717) is 187 Å². The van der Waals surface area contributed by atoms with Gasteiger partial charge in [0.05, 0.1) is 173 Å². The molecule has 8 amide bonds. The number of likely N-dealkylation sites (tertiary alicyclic amines) is 1. The summed E-state index contributed by atoms with van der Waals surface area (Å²) in [7, 11) is 3.02. The number of rotatable bonds is 60. The maximum absolute atomic E-state index is 14.2. The molecule has 6 heterocycles. The summed E-state index contributed by atoms with van der Waals surface area (Å²) in [5, 5.41) is 10.8. The normalized spacial score (nSPS) is 16.9. The molecule has 6 aliphatic rings. The van der Waals surface area contributed by atoms with Gasteiger partial charge in [0.2, 0.25) is 42.2 Å². The van der Waals surface area contributed by atoms with Gasteiger partial charge < -0.3 is 97.4 Å². The zero-order valence-corrected chi connectivity index (χ0v) is 73.2. The largest absolute Gasteiger partial charge is 0.493 e. The third kappa shape index (κ3) is 29.9. The van der Waals surface area contributed by atoms with E-state index in [1.165, 1.54) is 76.9 Å². The molecule has 6 aliphatic heterocycles. The number of amides is 8. The van der Waals surface area contributed by atoms with Crippen LogP contribution in [-0.2, 0) is 66.7 Å². The molecule has 0 aromatic heterocycles. The van der Waals surface area contributed by atoms with Gasteiger partial charge in [-0.3, -0.25) is 53.2 Å². The molecule has 2 unspecified atom stereocenters. The Labute approximate surface area is 726 Å². The van der Waals surface area contributed by atoms with Crippen molar-refractivity contribution in [3.8, 4) is 34.5 Å². The number of imide groups is 1. The average Bonchev–Trinajstić information content (AvgIpc) is 1.71. The molecule has 10 rings (SSSR count). The zero-order chi connectivity index (χ0) is 87.1. The van der Waals surface area contributed by atoms with E-state index < -0.39 is 23.9 Å². The van der Waals surface area contributed by atoms with Crippen molar-refractivity contribution in [2.45, 2.75) is 173 Å². The lowest BCUT2D eigenvalue weighted by molar-refractivity contribution is -0.138. The number of methoxy groups -OCH3 is 2. The van der Waals surface area contributed by atoms with Crippen LogP contribution in [0.2, 0.25) is 0 Å². The second-order valence-corrected chi connectivity index (χ2v) is 32.4. The van der Waals surface area contributed by atoms with Crippen LogP contribution < -0.4 is 49.7 Å². The maximum Gasteiger partial charge on any atom is 0.260 e. The third-order valence-corrected chi connectivity index (χ3v) is 23.1. The molecule has 4 N–H and O–H groups in total. The van der Waals surface area contributed by atoms with Crippen molar-refractivity contribution >= 4 is 99.7 Å². The number of thioether (sulfide) groups is 1. The predicted octanol–water partition coefficient (Wildman–Crippen LogP) is 11.6. The number of nitrogens with zero attached hydrogens (tertiary/aromatic N) is 5. The fraction of sp³-hybridized carbons (Fsp3) is 0.582. The van der Waals surface area contributed by atoms with Crippen LogP contribution in [0.5, 0.6) is 34.5 Å². The summed E-state index contributed by atoms with van der Waals surface area (Å²) < 4.78 is 79.4. The first kappa shape index (κ1) is 95.7. The van der Waals surface area contributed by atoms with Crippen LogP contribution in [0.25, 0.3) is 11.1 Å². The molecular formula is C91H125N9O22S. The number of fused-ring (bicyclic) bond motifs is 5. The highest BCUT2D eigenvalue weighted by atomic mass is 32.2. The number of unbranched alkanes of at least 4 members (excludes halogenated alkanes) is 7. The van der Waals surface area contributed by atoms with Gasteiger partial charge >= 0.3 is 0 Å². The van der Waals surface area contributed by atoms with E-state index in [1.807, 2.05) is 42.7 Å². The molecule has 0 spiro atoms. The Bertz CT molecular complexity index is 4240. The number of hydrogen-bond donors (Lipinski definition) is 4. The van der Waals surface area contributed by atoms with Crippen LogP contribution in [0.1, 0.15) is 176 Å². The molecule has 672 valence electrons. The molecule has 1 saturated heterocycles. The Morgan fingerprint density at radius 2 is 1.02 bits per heavy atom. The SMILES string of the molecule is CCCCCCCCCC(CCCC)CSC1CC(=O)N(CCC(=O)NCCOCCOCCOCCOCCOCCOCCOCCOCCC(=O)N[C@H](C(=O)N[C@@H](C)C(=O)Nc2ccc(C3=CN4C(=O)c5cc(OC)c(OCCCOc6cc7c(cc6OC)C(=O)N6C=C(c8ccc9c(c8)OCO9)C[C@H]6C=N7)cc5N=C[C@@H]4C3)cc2)C(C)C)C1=O. The van der Waals surface area contributed by atoms with Crippen LogP contribution >= 0.6 is 11.8 Å². The number of nitrogens with one attached hydrogen (secondary N) is 4. The molecule has 31 nitrogen and oxygen atoms in total. The average molecular weight is 1730 g/mol. The summed E-state index contributed by atoms with van der Waals surface area (Å²) in [4.78, 5) is 121. The first-order valence-corrected chi connectivity index (χ1v) is 44.6. The smallest absolute Gasteiger partial charge is 0.260 e. The Morgan fingerprint density at radius 3 is 1.56 bits per heavy atom. The first-order valence-electron chi connectivity index (χ1n) is 43.5. The zero-order valence-electron chi connectivity index (χ0n) is 72.4. The summed E-state index contributed by atoms with van der Waals surface area (Å²) in [6.07, 6.45) is 22.7. The van der Waals surface area contributed by atoms with E-state index in [0.717, 1.165) is 40.9 Å². The van der Waals surface area contributed by atoms with Crippen LogP contribution in [0.15, 0.2) is 89.1 Å². The summed E-state index contributed by atoms with van der Waals surface area (Å²) >= 11 is 1.63. The Hall–Kier alpha value is -9.51. The molecular weight excluding hydrogens is 1600 g/mol. The van der Waals surface area contributed by atoms with Crippen molar-refractivity contribution in [2.75, 3.05) is 164 Å². The molecule has 0 bridgehead atoms. The molecule has 6 atom stereocenters. The summed E-state index contributed by atoms with van der Waals surface area (Å²) in [5.74, 6) is 1.70. The number of carbonyl (C=O) groups is 8. The molecule has 32 heteroatoms. The number of carbonyl (C=O) groups excluding carboxylic acids is 8. The molecule has 0 radical (unpaired) electrons. The quantitative estimate of drug-likeness (QED) is 0.0236. The second kappa shape index (κ2) is 51.7. The molecule has 0 saturated carbocycles. The van der Waals surface area contributed by atoms with E-state index >= 15 is 0 Å². The van der Waals surface area contributed by atoms with Crippen molar-refractivity contribution in [2.24, 2.45) is 21.8 Å². The van der Waals surface area contributed by atoms with Gasteiger partial charge in [-0.2, -0.15) is 0 Å². The molecule has 123 heavy (non-hydrogen) atoms. The Kier molecular flexibility index (Phi) is 40.2. The lowest BCUT2D eigenvalue weighted by Crippen LogP contribution is -2.53. The number of aliphatic imine (C=N–C) groups is 2. The van der Waals surface area contributed by atoms with E-state index in [9.17, 15) is 38.4 Å². The van der Waals surface area contributed by atoms with Crippen LogP contribution in [0.4, 0.5) is 17.1 Å². The lowest BCUT2D eigenvalue weighted by atomic mass is 9.96. The number of ether oxygens (including phenoxy) is 14. The standard InChI is InChI=1S/C91H125N9O22S/c1-8-10-12-13-14-15-16-19-64(18-11-9-2)60-123-82-55-85(103)98(91(82)108)29-26-83(101)92-28-33-112-35-37-114-39-41-116-43-45-118-47-46-117-44-42-115-40-38-113-36-34-111-32-27-84(102)97-86(62(3)4)88(105)95-63(5)87(104)96-69-23-20-65(21-24-69)67-48-70-56-93-74-53-80(77(109-6)51-72(74)89(106)99(70)58-67)119-30-17-31-120-81-54-75-73(52-78(81)110-7)90(107)100-59-68(49-71(100)57-94-75)66-22-25-76-79(50-66)122-61-121-76/h20-25,50-54,56-59,62-64,70-71,82,86H,8-19,26-49,55,60-61H2,1-7H3,(H,92,101)(H,95,105)(H,96,104)(H,97,102)/t63-,64?,70-,71-,82?,86-/m0/s1. The van der Waals surface area contributed by atoms with E-state index in [4.69, 9.17) is 76.3 Å².